The first-order valence-electron chi connectivity index (χ1n) is 9.35. The maximum absolute atomic E-state index is 13.9. The smallest absolute Gasteiger partial charge is 0.223 e. The topological polar surface area (TPSA) is 38.8 Å². The number of rotatable bonds is 9. The number of hydrogen-bond donors (Lipinski definition) is 0. The van der Waals surface area contributed by atoms with Gasteiger partial charge in [0.2, 0.25) is 5.91 Å². The first-order valence-corrected chi connectivity index (χ1v) is 10.2. The van der Waals surface area contributed by atoms with Crippen LogP contribution in [0, 0.1) is 5.82 Å². The van der Waals surface area contributed by atoms with Gasteiger partial charge >= 0.3 is 0 Å². The quantitative estimate of drug-likeness (QED) is 0.492. The lowest BCUT2D eigenvalue weighted by Gasteiger charge is -2.23. The molecule has 0 aliphatic rings. The minimum absolute atomic E-state index is 0.0144. The van der Waals surface area contributed by atoms with Crippen molar-refractivity contribution in [1.82, 2.24) is 4.90 Å². The zero-order valence-electron chi connectivity index (χ0n) is 16.6. The molecule has 0 saturated carbocycles. The summed E-state index contributed by atoms with van der Waals surface area (Å²) < 4.78 is 24.3. The number of carbonyl (C=O) groups excluding carboxylic acids is 1. The van der Waals surface area contributed by atoms with Crippen molar-refractivity contribution >= 4 is 17.2 Å². The first-order chi connectivity index (χ1) is 14.1. The predicted molar refractivity (Wildman–Crippen MR) is 113 cm³/mol. The van der Waals surface area contributed by atoms with Crippen LogP contribution in [-0.2, 0) is 24.3 Å². The number of ether oxygens (including phenoxy) is 2. The molecule has 0 radical (unpaired) electrons. The van der Waals surface area contributed by atoms with Crippen LogP contribution in [-0.4, -0.2) is 25.0 Å². The van der Waals surface area contributed by atoms with E-state index in [0.29, 0.717) is 25.9 Å². The van der Waals surface area contributed by atoms with E-state index in [0.717, 1.165) is 21.8 Å². The molecule has 1 heterocycles. The summed E-state index contributed by atoms with van der Waals surface area (Å²) in [5.74, 6) is 0.562. The van der Waals surface area contributed by atoms with E-state index in [9.17, 15) is 9.18 Å². The molecule has 1 amide bonds. The molecule has 0 bridgehead atoms. The Labute approximate surface area is 174 Å². The lowest BCUT2D eigenvalue weighted by atomic mass is 10.1. The van der Waals surface area contributed by atoms with Crippen LogP contribution in [0.15, 0.2) is 60.0 Å². The standard InChI is InChI=1S/C23H24FNO3S/c1-27-21-8-4-3-6-18(21)15-25(16-19-7-5-13-29-19)23(26)12-10-17-9-11-22(28-2)20(24)14-17/h3-9,11,13-14H,10,12,15-16H2,1-2H3. The number of carbonyl (C=O) groups is 1. The van der Waals surface area contributed by atoms with E-state index < -0.39 is 5.82 Å². The molecule has 2 aromatic carbocycles. The predicted octanol–water partition coefficient (Wildman–Crippen LogP) is 5.07. The summed E-state index contributed by atoms with van der Waals surface area (Å²) in [6.45, 7) is 0.989. The molecule has 0 N–H and O–H groups in total. The molecular weight excluding hydrogens is 389 g/mol. The van der Waals surface area contributed by atoms with Crippen LogP contribution in [0.4, 0.5) is 4.39 Å². The van der Waals surface area contributed by atoms with E-state index in [1.54, 1.807) is 30.6 Å². The lowest BCUT2D eigenvalue weighted by Crippen LogP contribution is -2.30. The number of halogens is 1. The molecule has 29 heavy (non-hydrogen) atoms. The molecule has 0 atom stereocenters. The molecule has 6 heteroatoms. The normalized spacial score (nSPS) is 10.6. The highest BCUT2D eigenvalue weighted by Gasteiger charge is 2.17. The zero-order chi connectivity index (χ0) is 20.6. The third kappa shape index (κ3) is 5.57. The Morgan fingerprint density at radius 3 is 2.48 bits per heavy atom. The van der Waals surface area contributed by atoms with Gasteiger partial charge in [0.15, 0.2) is 11.6 Å². The van der Waals surface area contributed by atoms with Gasteiger partial charge in [-0.3, -0.25) is 4.79 Å². The Morgan fingerprint density at radius 1 is 1.00 bits per heavy atom. The van der Waals surface area contributed by atoms with Gasteiger partial charge in [-0.2, -0.15) is 0 Å². The van der Waals surface area contributed by atoms with E-state index in [1.807, 2.05) is 46.7 Å². The minimum Gasteiger partial charge on any atom is -0.496 e. The van der Waals surface area contributed by atoms with Gasteiger partial charge in [0.05, 0.1) is 20.8 Å². The van der Waals surface area contributed by atoms with Crippen molar-refractivity contribution in [1.29, 1.82) is 0 Å². The first kappa shape index (κ1) is 20.9. The monoisotopic (exact) mass is 413 g/mol. The molecule has 3 rings (SSSR count). The fraction of sp³-hybridized carbons (Fsp3) is 0.261. The van der Waals surface area contributed by atoms with E-state index >= 15 is 0 Å². The van der Waals surface area contributed by atoms with E-state index in [4.69, 9.17) is 9.47 Å². The van der Waals surface area contributed by atoms with Crippen molar-refractivity contribution in [3.8, 4) is 11.5 Å². The van der Waals surface area contributed by atoms with Crippen LogP contribution in [0.25, 0.3) is 0 Å². The molecule has 1 aromatic heterocycles. The second-order valence-corrected chi connectivity index (χ2v) is 7.64. The summed E-state index contributed by atoms with van der Waals surface area (Å²) in [5, 5.41) is 2.00. The van der Waals surface area contributed by atoms with Crippen LogP contribution < -0.4 is 9.47 Å². The number of para-hydroxylation sites is 1. The maximum Gasteiger partial charge on any atom is 0.223 e. The second-order valence-electron chi connectivity index (χ2n) is 6.61. The second kappa shape index (κ2) is 10.1. The highest BCUT2D eigenvalue weighted by atomic mass is 32.1. The molecule has 0 spiro atoms. The SMILES string of the molecule is COc1ccc(CCC(=O)N(Cc2cccs2)Cc2ccccc2OC)cc1F. The highest BCUT2D eigenvalue weighted by molar-refractivity contribution is 7.09. The van der Waals surface area contributed by atoms with Gasteiger partial charge in [-0.25, -0.2) is 4.39 Å². The molecule has 0 unspecified atom stereocenters. The Morgan fingerprint density at radius 2 is 1.79 bits per heavy atom. The largest absolute Gasteiger partial charge is 0.496 e. The number of thiophene rings is 1. The van der Waals surface area contributed by atoms with Crippen molar-refractivity contribution in [2.45, 2.75) is 25.9 Å². The average Bonchev–Trinajstić information content (AvgIpc) is 3.25. The maximum atomic E-state index is 13.9. The van der Waals surface area contributed by atoms with Gasteiger partial charge in [-0.15, -0.1) is 11.3 Å². The van der Waals surface area contributed by atoms with Crippen molar-refractivity contribution < 1.29 is 18.7 Å². The molecule has 0 saturated heterocycles. The number of benzene rings is 2. The summed E-state index contributed by atoms with van der Waals surface area (Å²) in [5.41, 5.74) is 1.72. The van der Waals surface area contributed by atoms with Gasteiger partial charge in [-0.05, 0) is 41.6 Å². The van der Waals surface area contributed by atoms with Gasteiger partial charge < -0.3 is 14.4 Å². The van der Waals surface area contributed by atoms with Gasteiger partial charge in [0.25, 0.3) is 0 Å². The van der Waals surface area contributed by atoms with E-state index in [2.05, 4.69) is 0 Å². The van der Waals surface area contributed by atoms with Crippen molar-refractivity contribution in [3.63, 3.8) is 0 Å². The Hall–Kier alpha value is -2.86. The molecule has 3 aromatic rings. The molecule has 152 valence electrons. The number of hydrogen-bond acceptors (Lipinski definition) is 4. The van der Waals surface area contributed by atoms with E-state index in [-0.39, 0.29) is 11.7 Å². The molecule has 0 aliphatic heterocycles. The van der Waals surface area contributed by atoms with Crippen molar-refractivity contribution in [2.24, 2.45) is 0 Å². The van der Waals surface area contributed by atoms with Crippen molar-refractivity contribution in [2.75, 3.05) is 14.2 Å². The van der Waals surface area contributed by atoms with Crippen LogP contribution in [0.3, 0.4) is 0 Å². The summed E-state index contributed by atoms with van der Waals surface area (Å²) in [6.07, 6.45) is 0.763. The molecule has 0 fully saturated rings. The average molecular weight is 414 g/mol. The molecule has 0 aliphatic carbocycles. The van der Waals surface area contributed by atoms with Crippen LogP contribution >= 0.6 is 11.3 Å². The van der Waals surface area contributed by atoms with Crippen molar-refractivity contribution in [3.05, 3.63) is 81.8 Å². The molecule has 4 nitrogen and oxygen atoms in total. The van der Waals surface area contributed by atoms with Crippen LogP contribution in [0.5, 0.6) is 11.5 Å². The summed E-state index contributed by atoms with van der Waals surface area (Å²) in [6, 6.07) is 16.5. The molecular formula is C23H24FNO3S. The highest BCUT2D eigenvalue weighted by Crippen LogP contribution is 2.23. The van der Waals surface area contributed by atoms with Gasteiger partial charge in [0.1, 0.15) is 5.75 Å². The van der Waals surface area contributed by atoms with Gasteiger partial charge in [-0.1, -0.05) is 30.3 Å². The number of nitrogens with zero attached hydrogens (tertiary/aromatic N) is 1. The number of aryl methyl sites for hydroxylation is 1. The fourth-order valence-corrected chi connectivity index (χ4v) is 3.86. The summed E-state index contributed by atoms with van der Waals surface area (Å²) in [7, 11) is 3.06. The summed E-state index contributed by atoms with van der Waals surface area (Å²) >= 11 is 1.62. The summed E-state index contributed by atoms with van der Waals surface area (Å²) in [4.78, 5) is 16.0. The Kier molecular flexibility index (Phi) is 7.25. The Bertz CT molecular complexity index is 943. The number of methoxy groups -OCH3 is 2. The third-order valence-corrected chi connectivity index (χ3v) is 5.54. The third-order valence-electron chi connectivity index (χ3n) is 4.68. The van der Waals surface area contributed by atoms with Gasteiger partial charge in [0, 0.05) is 23.4 Å². The minimum atomic E-state index is -0.415. The van der Waals surface area contributed by atoms with Crippen LogP contribution in [0.2, 0.25) is 0 Å². The lowest BCUT2D eigenvalue weighted by molar-refractivity contribution is -0.132. The van der Waals surface area contributed by atoms with E-state index in [1.165, 1.54) is 13.2 Å². The fourth-order valence-electron chi connectivity index (χ4n) is 3.14. The number of amides is 1. The zero-order valence-corrected chi connectivity index (χ0v) is 17.4. The van der Waals surface area contributed by atoms with Crippen LogP contribution in [0.1, 0.15) is 22.4 Å². The Balaban J connectivity index is 1.72.